The number of benzene rings is 1. The van der Waals surface area contributed by atoms with Crippen LogP contribution < -0.4 is 0 Å². The second-order valence-electron chi connectivity index (χ2n) is 4.05. The Morgan fingerprint density at radius 2 is 1.94 bits per heavy atom. The summed E-state index contributed by atoms with van der Waals surface area (Å²) in [7, 11) is 0. The van der Waals surface area contributed by atoms with E-state index in [0.717, 1.165) is 21.3 Å². The molecule has 0 radical (unpaired) electrons. The van der Waals surface area contributed by atoms with Gasteiger partial charge in [0.1, 0.15) is 6.10 Å². The maximum absolute atomic E-state index is 10.1. The van der Waals surface area contributed by atoms with E-state index < -0.39 is 6.10 Å². The molecule has 1 atom stereocenters. The maximum atomic E-state index is 10.1. The van der Waals surface area contributed by atoms with Crippen LogP contribution in [0.5, 0.6) is 0 Å². The number of aliphatic hydroxyl groups is 1. The molecular weight excluding hydrogens is 278 g/mol. The molecule has 0 aliphatic heterocycles. The molecule has 2 nitrogen and oxygen atoms in total. The standard InChI is InChI=1S/C14H14BrNO/c1-10-3-2-8-16-14(10)13(17)9-11-4-6-12(15)7-5-11/h2-8,13,17H,9H2,1H3. The molecule has 1 aromatic heterocycles. The van der Waals surface area contributed by atoms with Crippen molar-refractivity contribution in [3.05, 3.63) is 63.9 Å². The van der Waals surface area contributed by atoms with E-state index >= 15 is 0 Å². The van der Waals surface area contributed by atoms with E-state index in [2.05, 4.69) is 20.9 Å². The fourth-order valence-corrected chi connectivity index (χ4v) is 2.05. The molecule has 0 saturated carbocycles. The predicted octanol–water partition coefficient (Wildman–Crippen LogP) is 3.43. The first-order valence-electron chi connectivity index (χ1n) is 5.51. The maximum Gasteiger partial charge on any atom is 0.100 e. The van der Waals surface area contributed by atoms with Crippen molar-refractivity contribution in [1.29, 1.82) is 0 Å². The fraction of sp³-hybridized carbons (Fsp3) is 0.214. The smallest absolute Gasteiger partial charge is 0.100 e. The van der Waals surface area contributed by atoms with E-state index in [1.165, 1.54) is 0 Å². The zero-order chi connectivity index (χ0) is 12.3. The minimum Gasteiger partial charge on any atom is -0.386 e. The third kappa shape index (κ3) is 3.14. The Kier molecular flexibility index (Phi) is 3.92. The van der Waals surface area contributed by atoms with Crippen molar-refractivity contribution in [2.75, 3.05) is 0 Å². The summed E-state index contributed by atoms with van der Waals surface area (Å²) in [5.41, 5.74) is 2.89. The molecule has 0 spiro atoms. The highest BCUT2D eigenvalue weighted by Gasteiger charge is 2.12. The first kappa shape index (κ1) is 12.3. The van der Waals surface area contributed by atoms with Gasteiger partial charge in [-0.1, -0.05) is 34.1 Å². The van der Waals surface area contributed by atoms with E-state index in [0.29, 0.717) is 6.42 Å². The third-order valence-electron chi connectivity index (χ3n) is 2.71. The average Bonchev–Trinajstić information content (AvgIpc) is 2.32. The lowest BCUT2D eigenvalue weighted by atomic mass is 10.0. The van der Waals surface area contributed by atoms with Crippen molar-refractivity contribution in [2.24, 2.45) is 0 Å². The molecule has 0 bridgehead atoms. The van der Waals surface area contributed by atoms with Gasteiger partial charge in [-0.2, -0.15) is 0 Å². The lowest BCUT2D eigenvalue weighted by Gasteiger charge is -2.12. The van der Waals surface area contributed by atoms with Crippen LogP contribution in [0.15, 0.2) is 47.1 Å². The molecule has 3 heteroatoms. The molecule has 1 heterocycles. The number of halogens is 1. The molecule has 17 heavy (non-hydrogen) atoms. The van der Waals surface area contributed by atoms with Gasteiger partial charge in [0.05, 0.1) is 5.69 Å². The molecule has 1 unspecified atom stereocenters. The van der Waals surface area contributed by atoms with Gasteiger partial charge in [0.15, 0.2) is 0 Å². The van der Waals surface area contributed by atoms with E-state index in [1.807, 2.05) is 43.3 Å². The van der Waals surface area contributed by atoms with Gasteiger partial charge in [-0.05, 0) is 36.2 Å². The summed E-state index contributed by atoms with van der Waals surface area (Å²) in [6, 6.07) is 11.8. The summed E-state index contributed by atoms with van der Waals surface area (Å²) >= 11 is 3.39. The Morgan fingerprint density at radius 3 is 2.59 bits per heavy atom. The summed E-state index contributed by atoms with van der Waals surface area (Å²) in [6.45, 7) is 1.97. The second kappa shape index (κ2) is 5.43. The highest BCUT2D eigenvalue weighted by atomic mass is 79.9. The van der Waals surface area contributed by atoms with Crippen LogP contribution in [-0.2, 0) is 6.42 Å². The van der Waals surface area contributed by atoms with Crippen molar-refractivity contribution >= 4 is 15.9 Å². The minimum atomic E-state index is -0.544. The van der Waals surface area contributed by atoms with E-state index in [1.54, 1.807) is 6.20 Å². The third-order valence-corrected chi connectivity index (χ3v) is 3.24. The van der Waals surface area contributed by atoms with Crippen molar-refractivity contribution in [1.82, 2.24) is 4.98 Å². The molecule has 1 aromatic carbocycles. The van der Waals surface area contributed by atoms with Crippen molar-refractivity contribution in [2.45, 2.75) is 19.4 Å². The Morgan fingerprint density at radius 1 is 1.24 bits per heavy atom. The number of hydrogen-bond acceptors (Lipinski definition) is 2. The lowest BCUT2D eigenvalue weighted by molar-refractivity contribution is 0.173. The van der Waals surface area contributed by atoms with Crippen molar-refractivity contribution in [3.8, 4) is 0 Å². The van der Waals surface area contributed by atoms with Crippen molar-refractivity contribution in [3.63, 3.8) is 0 Å². The number of rotatable bonds is 3. The number of aliphatic hydroxyl groups excluding tert-OH is 1. The summed E-state index contributed by atoms with van der Waals surface area (Å²) in [6.07, 6.45) is 1.76. The van der Waals surface area contributed by atoms with Gasteiger partial charge in [0.25, 0.3) is 0 Å². The molecular formula is C14H14BrNO. The summed E-state index contributed by atoms with van der Waals surface area (Å²) < 4.78 is 1.05. The van der Waals surface area contributed by atoms with E-state index in [9.17, 15) is 5.11 Å². The second-order valence-corrected chi connectivity index (χ2v) is 4.97. The highest BCUT2D eigenvalue weighted by Crippen LogP contribution is 2.20. The zero-order valence-corrected chi connectivity index (χ0v) is 11.2. The van der Waals surface area contributed by atoms with Crippen LogP contribution in [0.3, 0.4) is 0 Å². The van der Waals surface area contributed by atoms with Crippen LogP contribution in [0.2, 0.25) is 0 Å². The van der Waals surface area contributed by atoms with Crippen LogP contribution in [0.25, 0.3) is 0 Å². The SMILES string of the molecule is Cc1cccnc1C(O)Cc1ccc(Br)cc1. The molecule has 2 rings (SSSR count). The summed E-state index contributed by atoms with van der Waals surface area (Å²) in [4.78, 5) is 4.23. The van der Waals surface area contributed by atoms with Crippen LogP contribution in [0, 0.1) is 6.92 Å². The number of nitrogens with zero attached hydrogens (tertiary/aromatic N) is 1. The van der Waals surface area contributed by atoms with Gasteiger partial charge in [-0.15, -0.1) is 0 Å². The first-order chi connectivity index (χ1) is 8.16. The lowest BCUT2D eigenvalue weighted by Crippen LogP contribution is -2.06. The minimum absolute atomic E-state index is 0.544. The highest BCUT2D eigenvalue weighted by molar-refractivity contribution is 9.10. The monoisotopic (exact) mass is 291 g/mol. The Bertz CT molecular complexity index is 496. The van der Waals surface area contributed by atoms with Gasteiger partial charge < -0.3 is 5.11 Å². The number of pyridine rings is 1. The first-order valence-corrected chi connectivity index (χ1v) is 6.30. The Hall–Kier alpha value is -1.19. The number of aromatic nitrogens is 1. The molecule has 0 fully saturated rings. The predicted molar refractivity (Wildman–Crippen MR) is 71.8 cm³/mol. The van der Waals surface area contributed by atoms with Crippen LogP contribution in [-0.4, -0.2) is 10.1 Å². The molecule has 2 aromatic rings. The molecule has 0 aliphatic rings. The van der Waals surface area contributed by atoms with Crippen LogP contribution in [0.4, 0.5) is 0 Å². The van der Waals surface area contributed by atoms with Gasteiger partial charge in [-0.3, -0.25) is 4.98 Å². The van der Waals surface area contributed by atoms with Gasteiger partial charge in [-0.25, -0.2) is 0 Å². The molecule has 0 amide bonds. The van der Waals surface area contributed by atoms with E-state index in [4.69, 9.17) is 0 Å². The van der Waals surface area contributed by atoms with Gasteiger partial charge in [0.2, 0.25) is 0 Å². The van der Waals surface area contributed by atoms with Crippen molar-refractivity contribution < 1.29 is 5.11 Å². The molecule has 0 saturated heterocycles. The van der Waals surface area contributed by atoms with Gasteiger partial charge >= 0.3 is 0 Å². The zero-order valence-electron chi connectivity index (χ0n) is 9.60. The topological polar surface area (TPSA) is 33.1 Å². The quantitative estimate of drug-likeness (QED) is 0.940. The Balaban J connectivity index is 2.14. The Labute approximate surface area is 109 Å². The molecule has 1 N–H and O–H groups in total. The van der Waals surface area contributed by atoms with Gasteiger partial charge in [0, 0.05) is 17.1 Å². The average molecular weight is 292 g/mol. The van der Waals surface area contributed by atoms with Crippen LogP contribution in [0.1, 0.15) is 22.9 Å². The molecule has 0 aliphatic carbocycles. The fourth-order valence-electron chi connectivity index (χ4n) is 1.79. The van der Waals surface area contributed by atoms with E-state index in [-0.39, 0.29) is 0 Å². The largest absolute Gasteiger partial charge is 0.386 e. The normalized spacial score (nSPS) is 12.4. The summed E-state index contributed by atoms with van der Waals surface area (Å²) in [5.74, 6) is 0. The number of hydrogen-bond donors (Lipinski definition) is 1. The van der Waals surface area contributed by atoms with Crippen LogP contribution >= 0.6 is 15.9 Å². The molecule has 88 valence electrons. The summed E-state index contributed by atoms with van der Waals surface area (Å²) in [5, 5.41) is 10.1. The number of aryl methyl sites for hydroxylation is 1.